The Morgan fingerprint density at radius 2 is 1.14 bits per heavy atom. The van der Waals surface area contributed by atoms with Crippen LogP contribution >= 0.6 is 0 Å². The maximum Gasteiger partial charge on any atom is 2.00 e. The van der Waals surface area contributed by atoms with Gasteiger partial charge >= 0.3 is 35.0 Å². The Labute approximate surface area is 183 Å². The summed E-state index contributed by atoms with van der Waals surface area (Å²) < 4.78 is 9.60. The zero-order chi connectivity index (χ0) is 21.1. The number of carbonyl (C=O) groups is 2. The molecule has 0 bridgehead atoms. The van der Waals surface area contributed by atoms with Gasteiger partial charge in [-0.2, -0.15) is 0 Å². The van der Waals surface area contributed by atoms with Crippen molar-refractivity contribution in [1.29, 1.82) is 0 Å². The van der Waals surface area contributed by atoms with E-state index in [1.807, 2.05) is 0 Å². The maximum atomic E-state index is 11.1. The zero-order valence-corrected chi connectivity index (χ0v) is 17.2. The van der Waals surface area contributed by atoms with Crippen molar-refractivity contribution in [3.05, 3.63) is 59.7 Å². The van der Waals surface area contributed by atoms with Crippen molar-refractivity contribution in [2.75, 3.05) is 14.2 Å². The van der Waals surface area contributed by atoms with Crippen molar-refractivity contribution in [3.63, 3.8) is 0 Å². The normalized spacial score (nSPS) is 10.0. The van der Waals surface area contributed by atoms with Crippen molar-refractivity contribution < 1.29 is 39.5 Å². The molecule has 2 aromatic rings. The summed E-state index contributed by atoms with van der Waals surface area (Å²) in [5, 5.41) is 38.9. The summed E-state index contributed by atoms with van der Waals surface area (Å²) in [6, 6.07) is 8.71. The van der Waals surface area contributed by atoms with E-state index in [9.17, 15) is 19.8 Å². The van der Waals surface area contributed by atoms with Gasteiger partial charge in [0.2, 0.25) is 0 Å². The predicted octanol–water partition coefficient (Wildman–Crippen LogP) is 1.35. The first-order valence-corrected chi connectivity index (χ1v) is 7.79. The van der Waals surface area contributed by atoms with Crippen LogP contribution < -0.4 is 19.7 Å². The molecule has 0 aliphatic heterocycles. The van der Waals surface area contributed by atoms with Crippen LogP contribution in [-0.2, 0) is 9.59 Å². The molecule has 0 amide bonds. The Morgan fingerprint density at radius 1 is 0.793 bits per heavy atom. The molecule has 0 unspecified atom stereocenters. The maximum absolute atomic E-state index is 11.1. The van der Waals surface area contributed by atoms with Crippen LogP contribution in [0.1, 0.15) is 11.1 Å². The van der Waals surface area contributed by atoms with Crippen LogP contribution in [0, 0.1) is 0 Å². The standard InChI is InChI=1S/2C10H10O4.Mg/c2*1-14-9-6-7(2-4-8(9)11)3-5-10(12)13;/h2*2-6,11H,1H3,(H,12,13);/q;;+2/p-2. The minimum absolute atomic E-state index is 0. The molecule has 0 spiro atoms. The molecule has 29 heavy (non-hydrogen) atoms. The first-order chi connectivity index (χ1) is 13.3. The van der Waals surface area contributed by atoms with Crippen LogP contribution in [0.2, 0.25) is 0 Å². The average molecular weight is 411 g/mol. The van der Waals surface area contributed by atoms with Gasteiger partial charge in [0.05, 0.1) is 14.2 Å². The second-order valence-electron chi connectivity index (χ2n) is 5.16. The van der Waals surface area contributed by atoms with Gasteiger partial charge in [-0.15, -0.1) is 0 Å². The van der Waals surface area contributed by atoms with Crippen LogP contribution in [0.3, 0.4) is 0 Å². The van der Waals surface area contributed by atoms with Crippen molar-refractivity contribution in [1.82, 2.24) is 0 Å². The number of ether oxygens (including phenoxy) is 2. The van der Waals surface area contributed by atoms with E-state index in [4.69, 9.17) is 19.7 Å². The fraction of sp³-hybridized carbons (Fsp3) is 0.100. The fourth-order valence-electron chi connectivity index (χ4n) is 1.91. The van der Waals surface area contributed by atoms with Crippen molar-refractivity contribution >= 4 is 47.1 Å². The Kier molecular flexibility index (Phi) is 11.6. The van der Waals surface area contributed by atoms with Gasteiger partial charge in [0.25, 0.3) is 0 Å². The SMILES string of the molecule is COc1cc(C=CC(=O)O)ccc1[O-].COc1cc(C=CC(=O)O)ccc1[O-].[Mg+2]. The monoisotopic (exact) mass is 410 g/mol. The molecule has 0 aliphatic carbocycles. The van der Waals surface area contributed by atoms with Gasteiger partial charge in [-0.05, 0) is 35.4 Å². The Balaban J connectivity index is 0.000000523. The van der Waals surface area contributed by atoms with E-state index in [-0.39, 0.29) is 46.1 Å². The van der Waals surface area contributed by atoms with Gasteiger partial charge in [-0.1, -0.05) is 35.8 Å². The van der Waals surface area contributed by atoms with E-state index in [0.717, 1.165) is 12.2 Å². The van der Waals surface area contributed by atoms with E-state index in [1.54, 1.807) is 0 Å². The second-order valence-corrected chi connectivity index (χ2v) is 5.16. The zero-order valence-electron chi connectivity index (χ0n) is 15.8. The second kappa shape index (κ2) is 13.1. The Bertz CT molecular complexity index is 817. The van der Waals surface area contributed by atoms with Gasteiger partial charge in [0, 0.05) is 12.2 Å². The molecule has 0 aromatic heterocycles. The van der Waals surface area contributed by atoms with E-state index >= 15 is 0 Å². The van der Waals surface area contributed by atoms with Crippen LogP contribution in [0.15, 0.2) is 48.6 Å². The summed E-state index contributed by atoms with van der Waals surface area (Å²) in [6.45, 7) is 0. The molecular formula is C20H18MgO8. The number of carboxylic acids is 2. The minimum Gasteiger partial charge on any atom is -0.870 e. The molecule has 2 aromatic carbocycles. The molecule has 0 radical (unpaired) electrons. The van der Waals surface area contributed by atoms with Crippen molar-refractivity contribution in [2.24, 2.45) is 0 Å². The molecular weight excluding hydrogens is 393 g/mol. The Hall–Kier alpha value is -3.17. The van der Waals surface area contributed by atoms with E-state index in [2.05, 4.69) is 0 Å². The molecule has 8 nitrogen and oxygen atoms in total. The predicted molar refractivity (Wildman–Crippen MR) is 104 cm³/mol. The third kappa shape index (κ3) is 9.54. The van der Waals surface area contributed by atoms with E-state index in [0.29, 0.717) is 11.1 Å². The van der Waals surface area contributed by atoms with E-state index in [1.165, 1.54) is 62.8 Å². The van der Waals surface area contributed by atoms with Crippen LogP contribution in [0.5, 0.6) is 23.0 Å². The molecule has 2 rings (SSSR count). The molecule has 9 heteroatoms. The number of hydrogen-bond donors (Lipinski definition) is 2. The molecule has 148 valence electrons. The summed E-state index contributed by atoms with van der Waals surface area (Å²) in [6.07, 6.45) is 4.78. The summed E-state index contributed by atoms with van der Waals surface area (Å²) in [4.78, 5) is 20.4. The number of aliphatic carboxylic acids is 2. The van der Waals surface area contributed by atoms with Crippen molar-refractivity contribution in [3.8, 4) is 23.0 Å². The van der Waals surface area contributed by atoms with Crippen LogP contribution in [0.25, 0.3) is 12.2 Å². The first kappa shape index (κ1) is 25.8. The molecule has 0 atom stereocenters. The van der Waals surface area contributed by atoms with Gasteiger partial charge in [-0.25, -0.2) is 9.59 Å². The summed E-state index contributed by atoms with van der Waals surface area (Å²) >= 11 is 0. The van der Waals surface area contributed by atoms with Gasteiger partial charge in [0.15, 0.2) is 0 Å². The Morgan fingerprint density at radius 3 is 1.41 bits per heavy atom. The number of hydrogen-bond acceptors (Lipinski definition) is 6. The smallest absolute Gasteiger partial charge is 0.870 e. The quantitative estimate of drug-likeness (QED) is 0.537. The first-order valence-electron chi connectivity index (χ1n) is 7.79. The summed E-state index contributed by atoms with van der Waals surface area (Å²) in [5.41, 5.74) is 1.23. The topological polar surface area (TPSA) is 139 Å². The average Bonchev–Trinajstić information content (AvgIpc) is 2.67. The molecule has 0 saturated heterocycles. The largest absolute Gasteiger partial charge is 2.00 e. The number of carboxylic acid groups (broad SMARTS) is 2. The minimum atomic E-state index is -1.03. The third-order valence-corrected chi connectivity index (χ3v) is 3.21. The third-order valence-electron chi connectivity index (χ3n) is 3.21. The molecule has 0 saturated carbocycles. The number of benzene rings is 2. The molecule has 0 aliphatic rings. The summed E-state index contributed by atoms with van der Waals surface area (Å²) in [5.74, 6) is -2.10. The number of rotatable bonds is 6. The molecule has 0 fully saturated rings. The molecule has 2 N–H and O–H groups in total. The van der Waals surface area contributed by atoms with Crippen molar-refractivity contribution in [2.45, 2.75) is 0 Å². The van der Waals surface area contributed by atoms with Gasteiger partial charge < -0.3 is 29.9 Å². The van der Waals surface area contributed by atoms with E-state index < -0.39 is 11.9 Å². The summed E-state index contributed by atoms with van der Waals surface area (Å²) in [7, 11) is 2.78. The van der Waals surface area contributed by atoms with Gasteiger partial charge in [-0.3, -0.25) is 0 Å². The fourth-order valence-corrected chi connectivity index (χ4v) is 1.91. The van der Waals surface area contributed by atoms with Crippen LogP contribution in [0.4, 0.5) is 0 Å². The van der Waals surface area contributed by atoms with Crippen LogP contribution in [-0.4, -0.2) is 59.4 Å². The molecule has 0 heterocycles. The van der Waals surface area contributed by atoms with Gasteiger partial charge in [0.1, 0.15) is 11.5 Å². The number of methoxy groups -OCH3 is 2.